The molecule has 0 spiro atoms. The first-order valence-electron chi connectivity index (χ1n) is 10.9. The molecule has 1 atom stereocenters. The molecule has 160 valence electrons. The molecule has 0 N–H and O–H groups in total. The maximum atomic E-state index is 13.6. The fraction of sp³-hybridized carbons (Fsp3) is 0.269. The zero-order valence-corrected chi connectivity index (χ0v) is 17.9. The van der Waals surface area contributed by atoms with Crippen molar-refractivity contribution < 1.29 is 19.1 Å². The van der Waals surface area contributed by atoms with Gasteiger partial charge in [0.2, 0.25) is 5.78 Å². The molecule has 0 unspecified atom stereocenters. The molecule has 0 bridgehead atoms. The first-order chi connectivity index (χ1) is 15.4. The molecule has 3 aliphatic heterocycles. The van der Waals surface area contributed by atoms with Crippen LogP contribution >= 0.6 is 0 Å². The summed E-state index contributed by atoms with van der Waals surface area (Å²) in [4.78, 5) is 39.0. The van der Waals surface area contributed by atoms with E-state index in [0.29, 0.717) is 40.5 Å². The molecule has 0 fully saturated rings. The SMILES string of the molecule is CC(C)=C1Oc2c(ccc3c2[C@H](c2cc4cccc5c4n(c2=O)CCC5)CC(=O)O3)C1=O. The van der Waals surface area contributed by atoms with Crippen molar-refractivity contribution in [2.45, 2.75) is 45.6 Å². The third-order valence-electron chi connectivity index (χ3n) is 6.64. The Labute approximate surface area is 184 Å². The summed E-state index contributed by atoms with van der Waals surface area (Å²) < 4.78 is 13.3. The minimum atomic E-state index is -0.545. The number of nitrogens with zero attached hydrogens (tertiary/aromatic N) is 1. The predicted molar refractivity (Wildman–Crippen MR) is 118 cm³/mol. The highest BCUT2D eigenvalue weighted by Gasteiger charge is 2.40. The lowest BCUT2D eigenvalue weighted by Crippen LogP contribution is -2.31. The number of aryl methyl sites for hydroxylation is 2. The number of allylic oxidation sites excluding steroid dienone is 2. The van der Waals surface area contributed by atoms with Crippen LogP contribution in [0.2, 0.25) is 0 Å². The number of ketones is 1. The van der Waals surface area contributed by atoms with E-state index in [9.17, 15) is 14.4 Å². The molecular formula is C26H21NO5. The van der Waals surface area contributed by atoms with Crippen molar-refractivity contribution in [3.05, 3.63) is 80.3 Å². The Morgan fingerprint density at radius 1 is 1.06 bits per heavy atom. The lowest BCUT2D eigenvalue weighted by atomic mass is 9.84. The van der Waals surface area contributed by atoms with Crippen molar-refractivity contribution in [3.63, 3.8) is 0 Å². The molecule has 32 heavy (non-hydrogen) atoms. The zero-order chi connectivity index (χ0) is 22.1. The number of hydrogen-bond acceptors (Lipinski definition) is 5. The summed E-state index contributed by atoms with van der Waals surface area (Å²) in [5.41, 5.74) is 4.39. The van der Waals surface area contributed by atoms with Crippen molar-refractivity contribution in [3.8, 4) is 11.5 Å². The van der Waals surface area contributed by atoms with E-state index in [0.717, 1.165) is 29.3 Å². The molecule has 6 heteroatoms. The Bertz CT molecular complexity index is 1460. The van der Waals surface area contributed by atoms with Gasteiger partial charge in [-0.05, 0) is 61.4 Å². The van der Waals surface area contributed by atoms with Crippen LogP contribution in [-0.2, 0) is 17.8 Å². The van der Waals surface area contributed by atoms with E-state index in [1.54, 1.807) is 12.1 Å². The fourth-order valence-electron chi connectivity index (χ4n) is 5.22. The van der Waals surface area contributed by atoms with Crippen LogP contribution in [0.15, 0.2) is 52.5 Å². The van der Waals surface area contributed by atoms with Gasteiger partial charge in [0, 0.05) is 23.6 Å². The van der Waals surface area contributed by atoms with Gasteiger partial charge in [0.25, 0.3) is 5.56 Å². The average molecular weight is 427 g/mol. The van der Waals surface area contributed by atoms with Crippen LogP contribution in [0.4, 0.5) is 0 Å². The Morgan fingerprint density at radius 2 is 1.91 bits per heavy atom. The quantitative estimate of drug-likeness (QED) is 0.330. The lowest BCUT2D eigenvalue weighted by Gasteiger charge is -2.27. The Hall–Kier alpha value is -3.67. The Balaban J connectivity index is 1.62. The van der Waals surface area contributed by atoms with Gasteiger partial charge in [-0.15, -0.1) is 0 Å². The number of fused-ring (bicyclic) bond motifs is 3. The van der Waals surface area contributed by atoms with Gasteiger partial charge in [-0.25, -0.2) is 0 Å². The van der Waals surface area contributed by atoms with Crippen molar-refractivity contribution in [1.29, 1.82) is 0 Å². The lowest BCUT2D eigenvalue weighted by molar-refractivity contribution is -0.135. The number of benzene rings is 2. The molecule has 0 amide bonds. The molecule has 3 aliphatic rings. The summed E-state index contributed by atoms with van der Waals surface area (Å²) in [6, 6.07) is 11.2. The highest BCUT2D eigenvalue weighted by atomic mass is 16.5. The van der Waals surface area contributed by atoms with Crippen molar-refractivity contribution in [2.24, 2.45) is 0 Å². The van der Waals surface area contributed by atoms with Crippen LogP contribution in [0.25, 0.3) is 10.9 Å². The minimum Gasteiger partial charge on any atom is -0.452 e. The van der Waals surface area contributed by atoms with E-state index in [4.69, 9.17) is 9.47 Å². The number of ether oxygens (including phenoxy) is 2. The third kappa shape index (κ3) is 2.55. The third-order valence-corrected chi connectivity index (χ3v) is 6.64. The largest absolute Gasteiger partial charge is 0.452 e. The topological polar surface area (TPSA) is 74.6 Å². The van der Waals surface area contributed by atoms with Gasteiger partial charge in [0.1, 0.15) is 11.5 Å². The second-order valence-electron chi connectivity index (χ2n) is 8.86. The van der Waals surface area contributed by atoms with E-state index in [2.05, 4.69) is 6.07 Å². The number of hydrogen-bond donors (Lipinski definition) is 0. The van der Waals surface area contributed by atoms with Gasteiger partial charge >= 0.3 is 5.97 Å². The first kappa shape index (κ1) is 19.0. The number of para-hydroxylation sites is 1. The summed E-state index contributed by atoms with van der Waals surface area (Å²) in [6.45, 7) is 4.29. The number of rotatable bonds is 1. The van der Waals surface area contributed by atoms with E-state index in [1.165, 1.54) is 5.56 Å². The Kier molecular flexibility index (Phi) is 3.97. The molecule has 6 rings (SSSR count). The van der Waals surface area contributed by atoms with E-state index in [-0.39, 0.29) is 17.8 Å². The van der Waals surface area contributed by atoms with Crippen LogP contribution in [0.3, 0.4) is 0 Å². The van der Waals surface area contributed by atoms with Gasteiger partial charge in [-0.2, -0.15) is 0 Å². The molecule has 0 saturated heterocycles. The normalized spacial score (nSPS) is 18.8. The molecular weight excluding hydrogens is 406 g/mol. The van der Waals surface area contributed by atoms with Crippen LogP contribution in [0, 0.1) is 0 Å². The standard InChI is InChI=1S/C26H21NO5/c1-13(2)24-23(29)16-8-9-19-21(25(16)32-24)17(12-20(28)31-19)18-11-15-6-3-5-14-7-4-10-27(22(14)15)26(18)30/h3,5-6,8-9,11,17H,4,7,10,12H2,1-2H3/t17-/m0/s1. The maximum Gasteiger partial charge on any atom is 0.312 e. The molecule has 0 radical (unpaired) electrons. The summed E-state index contributed by atoms with van der Waals surface area (Å²) in [5.74, 6) is -0.0990. The van der Waals surface area contributed by atoms with Gasteiger partial charge in [-0.3, -0.25) is 14.4 Å². The van der Waals surface area contributed by atoms with E-state index < -0.39 is 11.9 Å². The second-order valence-corrected chi connectivity index (χ2v) is 8.86. The van der Waals surface area contributed by atoms with Crippen molar-refractivity contribution >= 4 is 22.7 Å². The molecule has 4 heterocycles. The van der Waals surface area contributed by atoms with Gasteiger partial charge < -0.3 is 14.0 Å². The molecule has 1 aromatic heterocycles. The van der Waals surface area contributed by atoms with Crippen LogP contribution < -0.4 is 15.0 Å². The zero-order valence-electron chi connectivity index (χ0n) is 17.9. The summed E-state index contributed by atoms with van der Waals surface area (Å²) >= 11 is 0. The Morgan fingerprint density at radius 3 is 2.72 bits per heavy atom. The highest BCUT2D eigenvalue weighted by molar-refractivity contribution is 6.13. The average Bonchev–Trinajstić information content (AvgIpc) is 3.12. The van der Waals surface area contributed by atoms with Crippen LogP contribution in [-0.4, -0.2) is 16.3 Å². The van der Waals surface area contributed by atoms with Crippen molar-refractivity contribution in [2.75, 3.05) is 0 Å². The monoisotopic (exact) mass is 427 g/mol. The van der Waals surface area contributed by atoms with E-state index >= 15 is 0 Å². The van der Waals surface area contributed by atoms with Crippen LogP contribution in [0.5, 0.6) is 11.5 Å². The molecule has 3 aromatic rings. The summed E-state index contributed by atoms with van der Waals surface area (Å²) in [6.07, 6.45) is 1.87. The van der Waals surface area contributed by atoms with Crippen molar-refractivity contribution in [1.82, 2.24) is 4.57 Å². The maximum absolute atomic E-state index is 13.6. The summed E-state index contributed by atoms with van der Waals surface area (Å²) in [5, 5.41) is 0.979. The first-order valence-corrected chi connectivity index (χ1v) is 10.9. The number of esters is 1. The molecule has 6 nitrogen and oxygen atoms in total. The van der Waals surface area contributed by atoms with Gasteiger partial charge in [-0.1, -0.05) is 18.2 Å². The summed E-state index contributed by atoms with van der Waals surface area (Å²) in [7, 11) is 0. The molecule has 2 aromatic carbocycles. The number of pyridine rings is 1. The molecule has 0 aliphatic carbocycles. The molecule has 0 saturated carbocycles. The number of Topliss-reactive ketones (excluding diaryl/α,β-unsaturated/α-hetero) is 1. The number of carbonyl (C=O) groups is 2. The van der Waals surface area contributed by atoms with Gasteiger partial charge in [0.15, 0.2) is 5.76 Å². The van der Waals surface area contributed by atoms with Crippen LogP contribution in [0.1, 0.15) is 59.7 Å². The van der Waals surface area contributed by atoms with E-state index in [1.807, 2.05) is 36.6 Å². The number of carbonyl (C=O) groups excluding carboxylic acids is 2. The fourth-order valence-corrected chi connectivity index (χ4v) is 5.22. The second kappa shape index (κ2) is 6.66. The predicted octanol–water partition coefficient (Wildman–Crippen LogP) is 4.26. The minimum absolute atomic E-state index is 0.0194. The smallest absolute Gasteiger partial charge is 0.312 e. The van der Waals surface area contributed by atoms with Gasteiger partial charge in [0.05, 0.1) is 17.5 Å². The number of aromatic nitrogens is 1. The highest BCUT2D eigenvalue weighted by Crippen LogP contribution is 2.48.